The molecule has 0 radical (unpaired) electrons. The van der Waals surface area contributed by atoms with Gasteiger partial charge in [0.15, 0.2) is 11.5 Å². The highest BCUT2D eigenvalue weighted by molar-refractivity contribution is 5.95. The van der Waals surface area contributed by atoms with Gasteiger partial charge in [-0.2, -0.15) is 0 Å². The molecule has 0 atom stereocenters. The van der Waals surface area contributed by atoms with Crippen molar-refractivity contribution >= 4 is 17.4 Å². The average Bonchev–Trinajstić information content (AvgIpc) is 2.78. The summed E-state index contributed by atoms with van der Waals surface area (Å²) in [7, 11) is 3.18. The quantitative estimate of drug-likeness (QED) is 0.624. The minimum Gasteiger partial charge on any atom is -0.493 e. The smallest absolute Gasteiger partial charge is 0.251 e. The van der Waals surface area contributed by atoms with E-state index in [0.717, 1.165) is 23.6 Å². The number of para-hydroxylation sites is 1. The molecule has 0 spiro atoms. The second kappa shape index (κ2) is 9.59. The number of methoxy groups -OCH3 is 2. The molecule has 0 bridgehead atoms. The molecule has 150 valence electrons. The molecule has 0 unspecified atom stereocenters. The number of hydrogen-bond acceptors (Lipinski definition) is 5. The van der Waals surface area contributed by atoms with Crippen molar-refractivity contribution < 1.29 is 14.3 Å². The van der Waals surface area contributed by atoms with Crippen molar-refractivity contribution in [2.24, 2.45) is 0 Å². The number of pyridine rings is 1. The maximum absolute atomic E-state index is 12.7. The highest BCUT2D eigenvalue weighted by Gasteiger charge is 2.13. The molecule has 0 aliphatic rings. The molecule has 1 heterocycles. The fourth-order valence-electron chi connectivity index (χ4n) is 3.07. The van der Waals surface area contributed by atoms with Gasteiger partial charge in [-0.1, -0.05) is 24.3 Å². The largest absolute Gasteiger partial charge is 0.493 e. The highest BCUT2D eigenvalue weighted by atomic mass is 16.5. The lowest BCUT2D eigenvalue weighted by molar-refractivity contribution is 0.0951. The van der Waals surface area contributed by atoms with E-state index in [2.05, 4.69) is 22.1 Å². The first-order valence-electron chi connectivity index (χ1n) is 9.44. The fourth-order valence-corrected chi connectivity index (χ4v) is 3.07. The minimum atomic E-state index is -0.160. The molecule has 0 saturated carbocycles. The predicted molar refractivity (Wildman–Crippen MR) is 114 cm³/mol. The van der Waals surface area contributed by atoms with E-state index in [1.807, 2.05) is 48.5 Å². The van der Waals surface area contributed by atoms with Crippen LogP contribution in [0.15, 0.2) is 66.9 Å². The molecule has 0 fully saturated rings. The monoisotopic (exact) mass is 391 g/mol. The van der Waals surface area contributed by atoms with Gasteiger partial charge >= 0.3 is 0 Å². The molecule has 6 nitrogen and oxygen atoms in total. The van der Waals surface area contributed by atoms with E-state index in [1.165, 1.54) is 0 Å². The zero-order valence-electron chi connectivity index (χ0n) is 16.9. The summed E-state index contributed by atoms with van der Waals surface area (Å²) < 4.78 is 10.6. The summed E-state index contributed by atoms with van der Waals surface area (Å²) in [6, 6.07) is 19.1. The van der Waals surface area contributed by atoms with E-state index in [-0.39, 0.29) is 5.91 Å². The van der Waals surface area contributed by atoms with Gasteiger partial charge in [0.1, 0.15) is 5.82 Å². The van der Waals surface area contributed by atoms with Crippen molar-refractivity contribution in [1.82, 2.24) is 10.3 Å². The van der Waals surface area contributed by atoms with Gasteiger partial charge in [0.25, 0.3) is 5.91 Å². The number of aromatic nitrogens is 1. The highest BCUT2D eigenvalue weighted by Crippen LogP contribution is 2.27. The number of amides is 1. The maximum Gasteiger partial charge on any atom is 0.251 e. The van der Waals surface area contributed by atoms with Crippen LogP contribution in [-0.2, 0) is 6.54 Å². The molecule has 2 aromatic carbocycles. The van der Waals surface area contributed by atoms with Crippen LogP contribution in [0.5, 0.6) is 11.5 Å². The first-order valence-corrected chi connectivity index (χ1v) is 9.44. The fraction of sp³-hybridized carbons (Fsp3) is 0.217. The Kier molecular flexibility index (Phi) is 6.68. The van der Waals surface area contributed by atoms with E-state index in [1.54, 1.807) is 32.5 Å². The summed E-state index contributed by atoms with van der Waals surface area (Å²) in [5, 5.41) is 2.95. The molecule has 3 rings (SSSR count). The van der Waals surface area contributed by atoms with Crippen molar-refractivity contribution in [3.8, 4) is 11.5 Å². The first kappa shape index (κ1) is 20.2. The van der Waals surface area contributed by atoms with Gasteiger partial charge in [0.2, 0.25) is 0 Å². The van der Waals surface area contributed by atoms with E-state index in [9.17, 15) is 4.79 Å². The van der Waals surface area contributed by atoms with Crippen LogP contribution in [0.1, 0.15) is 22.8 Å². The molecule has 1 amide bonds. The zero-order chi connectivity index (χ0) is 20.6. The Morgan fingerprint density at radius 3 is 2.45 bits per heavy atom. The number of carbonyl (C=O) groups is 1. The predicted octanol–water partition coefficient (Wildman–Crippen LogP) is 4.19. The lowest BCUT2D eigenvalue weighted by Gasteiger charge is -2.22. The summed E-state index contributed by atoms with van der Waals surface area (Å²) in [5.41, 5.74) is 2.51. The summed E-state index contributed by atoms with van der Waals surface area (Å²) >= 11 is 0. The number of nitrogens with zero attached hydrogens (tertiary/aromatic N) is 2. The van der Waals surface area contributed by atoms with Gasteiger partial charge in [0.05, 0.1) is 14.2 Å². The molecule has 0 aliphatic heterocycles. The SMILES string of the molecule is CCN(c1ccccc1)c1cc(C(=O)NCc2ccc(OC)c(OC)c2)ccn1. The van der Waals surface area contributed by atoms with E-state index < -0.39 is 0 Å². The van der Waals surface area contributed by atoms with Crippen LogP contribution in [0.3, 0.4) is 0 Å². The van der Waals surface area contributed by atoms with Crippen LogP contribution < -0.4 is 19.7 Å². The third-order valence-corrected chi connectivity index (χ3v) is 4.57. The molecule has 0 saturated heterocycles. The van der Waals surface area contributed by atoms with Crippen molar-refractivity contribution in [2.75, 3.05) is 25.7 Å². The van der Waals surface area contributed by atoms with Gasteiger partial charge in [-0.3, -0.25) is 4.79 Å². The minimum absolute atomic E-state index is 0.160. The molecule has 29 heavy (non-hydrogen) atoms. The van der Waals surface area contributed by atoms with Crippen molar-refractivity contribution in [1.29, 1.82) is 0 Å². The number of hydrogen-bond donors (Lipinski definition) is 1. The van der Waals surface area contributed by atoms with E-state index >= 15 is 0 Å². The van der Waals surface area contributed by atoms with Crippen LogP contribution in [0.25, 0.3) is 0 Å². The Morgan fingerprint density at radius 2 is 1.76 bits per heavy atom. The average molecular weight is 391 g/mol. The second-order valence-electron chi connectivity index (χ2n) is 6.35. The van der Waals surface area contributed by atoms with Crippen LogP contribution >= 0.6 is 0 Å². The molecule has 6 heteroatoms. The van der Waals surface area contributed by atoms with E-state index in [0.29, 0.717) is 23.6 Å². The van der Waals surface area contributed by atoms with Crippen LogP contribution in [0.4, 0.5) is 11.5 Å². The number of benzene rings is 2. The molecule has 3 aromatic rings. The number of ether oxygens (including phenoxy) is 2. The second-order valence-corrected chi connectivity index (χ2v) is 6.35. The summed E-state index contributed by atoms with van der Waals surface area (Å²) in [6.45, 7) is 3.18. The Labute approximate surface area is 171 Å². The lowest BCUT2D eigenvalue weighted by Crippen LogP contribution is -2.24. The zero-order valence-corrected chi connectivity index (χ0v) is 16.9. The number of rotatable bonds is 8. The number of anilines is 2. The summed E-state index contributed by atoms with van der Waals surface area (Å²) in [5.74, 6) is 1.86. The van der Waals surface area contributed by atoms with Gasteiger partial charge in [-0.25, -0.2) is 4.98 Å². The molecule has 0 aliphatic carbocycles. The molecule has 1 aromatic heterocycles. The summed E-state index contributed by atoms with van der Waals surface area (Å²) in [4.78, 5) is 19.2. The van der Waals surface area contributed by atoms with Crippen LogP contribution in [0, 0.1) is 0 Å². The Morgan fingerprint density at radius 1 is 1.00 bits per heavy atom. The Balaban J connectivity index is 1.73. The number of carbonyl (C=O) groups excluding carboxylic acids is 1. The van der Waals surface area contributed by atoms with Gasteiger partial charge in [-0.15, -0.1) is 0 Å². The lowest BCUT2D eigenvalue weighted by atomic mass is 10.2. The van der Waals surface area contributed by atoms with Gasteiger partial charge in [-0.05, 0) is 48.9 Å². The van der Waals surface area contributed by atoms with Crippen LogP contribution in [-0.4, -0.2) is 31.7 Å². The third kappa shape index (κ3) is 4.85. The first-order chi connectivity index (χ1) is 14.2. The molecule has 1 N–H and O–H groups in total. The van der Waals surface area contributed by atoms with Gasteiger partial charge < -0.3 is 19.7 Å². The van der Waals surface area contributed by atoms with Crippen molar-refractivity contribution in [2.45, 2.75) is 13.5 Å². The topological polar surface area (TPSA) is 63.7 Å². The van der Waals surface area contributed by atoms with E-state index in [4.69, 9.17) is 9.47 Å². The van der Waals surface area contributed by atoms with Crippen LogP contribution in [0.2, 0.25) is 0 Å². The molecular formula is C23H25N3O3. The Hall–Kier alpha value is -3.54. The normalized spacial score (nSPS) is 10.3. The summed E-state index contributed by atoms with van der Waals surface area (Å²) in [6.07, 6.45) is 1.66. The number of nitrogens with one attached hydrogen (secondary N) is 1. The maximum atomic E-state index is 12.7. The third-order valence-electron chi connectivity index (χ3n) is 4.57. The standard InChI is InChI=1S/C23H25N3O3/c1-4-26(19-8-6-5-7-9-19)22-15-18(12-13-24-22)23(27)25-16-17-10-11-20(28-2)21(14-17)29-3/h5-15H,4,16H2,1-3H3,(H,25,27). The molecular weight excluding hydrogens is 366 g/mol. The Bertz CT molecular complexity index is 961. The van der Waals surface area contributed by atoms with Gasteiger partial charge in [0, 0.05) is 30.5 Å². The van der Waals surface area contributed by atoms with Crippen molar-refractivity contribution in [3.05, 3.63) is 78.0 Å². The van der Waals surface area contributed by atoms with Crippen molar-refractivity contribution in [3.63, 3.8) is 0 Å².